The number of carbonyl (C=O) groups excluding carboxylic acids is 2. The van der Waals surface area contributed by atoms with Crippen molar-refractivity contribution in [2.45, 2.75) is 38.5 Å². The molecule has 0 atom stereocenters. The third kappa shape index (κ3) is 4.21. The van der Waals surface area contributed by atoms with Gasteiger partial charge in [-0.2, -0.15) is 5.10 Å². The van der Waals surface area contributed by atoms with Crippen LogP contribution in [0, 0.1) is 0 Å². The Kier molecular flexibility index (Phi) is 5.42. The number of hydrogen-bond donors (Lipinski definition) is 2. The van der Waals surface area contributed by atoms with Crippen LogP contribution in [0.4, 0.5) is 5.69 Å². The largest absolute Gasteiger partial charge is 0.369 e. The highest BCUT2D eigenvalue weighted by Crippen LogP contribution is 2.27. The summed E-state index contributed by atoms with van der Waals surface area (Å²) in [5.74, 6) is -0.587. The highest BCUT2D eigenvalue weighted by Gasteiger charge is 2.24. The number of anilines is 1. The van der Waals surface area contributed by atoms with Gasteiger partial charge in [0.05, 0.1) is 12.1 Å². The van der Waals surface area contributed by atoms with E-state index in [0.29, 0.717) is 11.4 Å². The molecule has 6 nitrogen and oxygen atoms in total. The van der Waals surface area contributed by atoms with Crippen molar-refractivity contribution in [2.24, 2.45) is 5.73 Å². The first kappa shape index (κ1) is 18.9. The van der Waals surface area contributed by atoms with E-state index in [9.17, 15) is 9.59 Å². The van der Waals surface area contributed by atoms with Crippen LogP contribution >= 0.6 is 0 Å². The number of carbonyl (C=O) groups is 2. The standard InChI is InChI=1S/C23H24N4O2/c24-21(28)15-16-11-13-17(14-12-16)25-23(29)22-19-9-5-2-6-10-20(19)27(26-22)18-7-3-1-4-8-18/h1,3-4,7-8,11-14H,2,5-6,9-10,15H2,(H2,24,28)(H,25,29). The summed E-state index contributed by atoms with van der Waals surface area (Å²) in [6, 6.07) is 17.1. The molecule has 3 aromatic rings. The van der Waals surface area contributed by atoms with Crippen molar-refractivity contribution in [2.75, 3.05) is 5.32 Å². The van der Waals surface area contributed by atoms with Crippen molar-refractivity contribution >= 4 is 17.5 Å². The topological polar surface area (TPSA) is 90.0 Å². The molecule has 29 heavy (non-hydrogen) atoms. The van der Waals surface area contributed by atoms with Crippen LogP contribution in [0.1, 0.15) is 46.6 Å². The summed E-state index contributed by atoms with van der Waals surface area (Å²) in [5.41, 5.74) is 10.4. The predicted octanol–water partition coefficient (Wildman–Crippen LogP) is 3.42. The smallest absolute Gasteiger partial charge is 0.276 e. The van der Waals surface area contributed by atoms with E-state index in [2.05, 4.69) is 5.32 Å². The SMILES string of the molecule is NC(=O)Cc1ccc(NC(=O)c2nn(-c3ccccc3)c3c2CCCCC3)cc1. The molecule has 148 valence electrons. The predicted molar refractivity (Wildman–Crippen MR) is 112 cm³/mol. The number of hydrogen-bond acceptors (Lipinski definition) is 3. The van der Waals surface area contributed by atoms with E-state index < -0.39 is 0 Å². The molecular formula is C23H24N4O2. The lowest BCUT2D eigenvalue weighted by atomic mass is 10.1. The van der Waals surface area contributed by atoms with Gasteiger partial charge in [-0.05, 0) is 55.5 Å². The Balaban J connectivity index is 1.63. The molecule has 1 heterocycles. The second-order valence-electron chi connectivity index (χ2n) is 7.38. The molecule has 0 saturated carbocycles. The third-order valence-corrected chi connectivity index (χ3v) is 5.24. The van der Waals surface area contributed by atoms with E-state index in [1.165, 1.54) is 0 Å². The average Bonchev–Trinajstić information content (AvgIpc) is 2.91. The fourth-order valence-corrected chi connectivity index (χ4v) is 3.84. The molecule has 0 saturated heterocycles. The van der Waals surface area contributed by atoms with Crippen LogP contribution in [0.2, 0.25) is 0 Å². The average molecular weight is 388 g/mol. The van der Waals surface area contributed by atoms with Gasteiger partial charge in [0.25, 0.3) is 5.91 Å². The zero-order valence-electron chi connectivity index (χ0n) is 16.2. The van der Waals surface area contributed by atoms with Crippen LogP contribution in [0.25, 0.3) is 5.69 Å². The lowest BCUT2D eigenvalue weighted by Crippen LogP contribution is -2.15. The van der Waals surface area contributed by atoms with E-state index in [-0.39, 0.29) is 18.2 Å². The number of rotatable bonds is 5. The van der Waals surface area contributed by atoms with Gasteiger partial charge in [-0.3, -0.25) is 9.59 Å². The molecule has 1 aromatic heterocycles. The van der Waals surface area contributed by atoms with Gasteiger partial charge in [0, 0.05) is 16.9 Å². The van der Waals surface area contributed by atoms with E-state index in [1.54, 1.807) is 24.3 Å². The molecule has 0 aliphatic heterocycles. The van der Waals surface area contributed by atoms with Gasteiger partial charge >= 0.3 is 0 Å². The van der Waals surface area contributed by atoms with Crippen LogP contribution in [0.15, 0.2) is 54.6 Å². The molecule has 3 N–H and O–H groups in total. The Morgan fingerprint density at radius 2 is 1.69 bits per heavy atom. The molecule has 2 amide bonds. The highest BCUT2D eigenvalue weighted by molar-refractivity contribution is 6.04. The summed E-state index contributed by atoms with van der Waals surface area (Å²) in [5, 5.41) is 7.64. The molecule has 0 fully saturated rings. The normalized spacial score (nSPS) is 13.4. The fourth-order valence-electron chi connectivity index (χ4n) is 3.84. The van der Waals surface area contributed by atoms with Crippen LogP contribution in [0.3, 0.4) is 0 Å². The molecule has 0 bridgehead atoms. The summed E-state index contributed by atoms with van der Waals surface area (Å²) in [7, 11) is 0. The van der Waals surface area contributed by atoms with Crippen molar-refractivity contribution in [1.82, 2.24) is 9.78 Å². The maximum atomic E-state index is 13.0. The first-order valence-corrected chi connectivity index (χ1v) is 9.96. The number of fused-ring (bicyclic) bond motifs is 1. The number of nitrogens with one attached hydrogen (secondary N) is 1. The number of nitrogens with two attached hydrogens (primary N) is 1. The van der Waals surface area contributed by atoms with Crippen molar-refractivity contribution in [1.29, 1.82) is 0 Å². The number of nitrogens with zero attached hydrogens (tertiary/aromatic N) is 2. The Hall–Kier alpha value is -3.41. The monoisotopic (exact) mass is 388 g/mol. The molecule has 1 aliphatic carbocycles. The van der Waals surface area contributed by atoms with E-state index in [4.69, 9.17) is 10.8 Å². The Morgan fingerprint density at radius 3 is 2.41 bits per heavy atom. The number of primary amides is 1. The van der Waals surface area contributed by atoms with Crippen LogP contribution in [0.5, 0.6) is 0 Å². The number of para-hydroxylation sites is 1. The zero-order valence-corrected chi connectivity index (χ0v) is 16.2. The Bertz CT molecular complexity index is 1020. The van der Waals surface area contributed by atoms with Gasteiger partial charge in [0.1, 0.15) is 0 Å². The molecule has 4 rings (SSSR count). The van der Waals surface area contributed by atoms with Crippen LogP contribution in [-0.2, 0) is 24.1 Å². The van der Waals surface area contributed by atoms with Crippen molar-refractivity contribution in [3.05, 3.63) is 77.1 Å². The van der Waals surface area contributed by atoms with Gasteiger partial charge in [-0.25, -0.2) is 4.68 Å². The van der Waals surface area contributed by atoms with Crippen molar-refractivity contribution < 1.29 is 9.59 Å². The summed E-state index contributed by atoms with van der Waals surface area (Å²) in [6.45, 7) is 0. The van der Waals surface area contributed by atoms with Crippen molar-refractivity contribution in [3.8, 4) is 5.69 Å². The first-order chi connectivity index (χ1) is 14.1. The van der Waals surface area contributed by atoms with Crippen LogP contribution in [-0.4, -0.2) is 21.6 Å². The van der Waals surface area contributed by atoms with Gasteiger partial charge in [-0.1, -0.05) is 36.8 Å². The summed E-state index contributed by atoms with van der Waals surface area (Å²) in [6.07, 6.45) is 5.30. The molecule has 2 aromatic carbocycles. The van der Waals surface area contributed by atoms with Gasteiger partial charge in [0.2, 0.25) is 5.91 Å². The second-order valence-corrected chi connectivity index (χ2v) is 7.38. The molecular weight excluding hydrogens is 364 g/mol. The van der Waals surface area contributed by atoms with Gasteiger partial charge < -0.3 is 11.1 Å². The molecule has 6 heteroatoms. The van der Waals surface area contributed by atoms with Gasteiger partial charge in [-0.15, -0.1) is 0 Å². The molecule has 0 unspecified atom stereocenters. The second kappa shape index (κ2) is 8.31. The lowest BCUT2D eigenvalue weighted by Gasteiger charge is -2.06. The maximum Gasteiger partial charge on any atom is 0.276 e. The molecule has 1 aliphatic rings. The summed E-state index contributed by atoms with van der Waals surface area (Å²) < 4.78 is 1.92. The summed E-state index contributed by atoms with van der Waals surface area (Å²) >= 11 is 0. The minimum atomic E-state index is -0.379. The zero-order chi connectivity index (χ0) is 20.2. The first-order valence-electron chi connectivity index (χ1n) is 9.96. The summed E-state index contributed by atoms with van der Waals surface area (Å²) in [4.78, 5) is 24.1. The van der Waals surface area contributed by atoms with Crippen molar-refractivity contribution in [3.63, 3.8) is 0 Å². The Labute approximate surface area is 169 Å². The Morgan fingerprint density at radius 1 is 0.966 bits per heavy atom. The van der Waals surface area contributed by atoms with E-state index in [0.717, 1.165) is 54.6 Å². The highest BCUT2D eigenvalue weighted by atomic mass is 16.2. The van der Waals surface area contributed by atoms with E-state index in [1.807, 2.05) is 35.0 Å². The number of aromatic nitrogens is 2. The lowest BCUT2D eigenvalue weighted by molar-refractivity contribution is -0.117. The number of amides is 2. The maximum absolute atomic E-state index is 13.0. The van der Waals surface area contributed by atoms with Crippen LogP contribution < -0.4 is 11.1 Å². The quantitative estimate of drug-likeness (QED) is 0.656. The molecule has 0 spiro atoms. The fraction of sp³-hybridized carbons (Fsp3) is 0.261. The third-order valence-electron chi connectivity index (χ3n) is 5.24. The minimum Gasteiger partial charge on any atom is -0.369 e. The van der Waals surface area contributed by atoms with Gasteiger partial charge in [0.15, 0.2) is 5.69 Å². The number of benzene rings is 2. The van der Waals surface area contributed by atoms with E-state index >= 15 is 0 Å². The molecule has 0 radical (unpaired) electrons. The minimum absolute atomic E-state index is 0.184.